The minimum atomic E-state index is -0.111. The smallest absolute Gasteiger partial charge is 0.230 e. The summed E-state index contributed by atoms with van der Waals surface area (Å²) in [6, 6.07) is 13.8. The maximum absolute atomic E-state index is 12.6. The zero-order chi connectivity index (χ0) is 25.7. The molecule has 0 aliphatic heterocycles. The van der Waals surface area contributed by atoms with E-state index in [1.807, 2.05) is 49.4 Å². The lowest BCUT2D eigenvalue weighted by molar-refractivity contribution is -0.118. The molecule has 4 aromatic rings. The van der Waals surface area contributed by atoms with Crippen LogP contribution in [0.25, 0.3) is 16.7 Å². The summed E-state index contributed by atoms with van der Waals surface area (Å²) in [7, 11) is 3.20. The highest BCUT2D eigenvalue weighted by molar-refractivity contribution is 7.99. The Bertz CT molecular complexity index is 1430. The first-order valence-electron chi connectivity index (χ1n) is 11.7. The molecular formula is C26H30N6O3S. The molecule has 0 atom stereocenters. The van der Waals surface area contributed by atoms with E-state index in [9.17, 15) is 4.79 Å². The minimum Gasteiger partial charge on any atom is -0.493 e. The number of methoxy groups -OCH3 is 2. The molecule has 0 aliphatic carbocycles. The third kappa shape index (κ3) is 5.38. The molecule has 0 fully saturated rings. The van der Waals surface area contributed by atoms with Crippen molar-refractivity contribution in [3.8, 4) is 17.2 Å². The first-order valence-corrected chi connectivity index (χ1v) is 12.7. The van der Waals surface area contributed by atoms with Gasteiger partial charge in [-0.05, 0) is 55.2 Å². The lowest BCUT2D eigenvalue weighted by atomic mass is 10.1. The first-order chi connectivity index (χ1) is 17.4. The van der Waals surface area contributed by atoms with Gasteiger partial charge in [-0.3, -0.25) is 19.9 Å². The standard InChI is InChI=1S/C26H30N6O3S/c1-5-17-6-9-19(10-7-17)32-24(27)23-16(2)30-31-25(23)29-26(32)36-15-22(33)28-13-12-18-8-11-20(34-3)21(14-18)35-4/h6-11,14,27H,5,12-13,15H2,1-4H3,(H,28,33)(H,30,31). The van der Waals surface area contributed by atoms with E-state index in [1.165, 1.54) is 17.3 Å². The number of benzene rings is 2. The van der Waals surface area contributed by atoms with Gasteiger partial charge in [0.15, 0.2) is 22.3 Å². The zero-order valence-electron chi connectivity index (χ0n) is 20.8. The number of nitrogens with zero attached hydrogens (tertiary/aromatic N) is 3. The van der Waals surface area contributed by atoms with Crippen LogP contribution in [0, 0.1) is 12.3 Å². The molecule has 3 N–H and O–H groups in total. The maximum atomic E-state index is 12.6. The Balaban J connectivity index is 1.47. The van der Waals surface area contributed by atoms with Crippen LogP contribution in [0.2, 0.25) is 0 Å². The average molecular weight is 507 g/mol. The average Bonchev–Trinajstić information content (AvgIpc) is 3.28. The molecule has 9 nitrogen and oxygen atoms in total. The minimum absolute atomic E-state index is 0.111. The fourth-order valence-corrected chi connectivity index (χ4v) is 4.75. The van der Waals surface area contributed by atoms with Gasteiger partial charge >= 0.3 is 0 Å². The van der Waals surface area contributed by atoms with E-state index in [4.69, 9.17) is 14.9 Å². The van der Waals surface area contributed by atoms with Gasteiger partial charge in [0.2, 0.25) is 5.91 Å². The predicted octanol–water partition coefficient (Wildman–Crippen LogP) is 3.57. The number of thioether (sulfide) groups is 1. The summed E-state index contributed by atoms with van der Waals surface area (Å²) < 4.78 is 12.4. The molecule has 0 spiro atoms. The first kappa shape index (κ1) is 25.3. The fourth-order valence-electron chi connectivity index (χ4n) is 3.91. The number of H-pyrrole nitrogens is 1. The number of fused-ring (bicyclic) bond motifs is 1. The molecule has 2 aromatic carbocycles. The molecular weight excluding hydrogens is 476 g/mol. The number of aromatic amines is 1. The van der Waals surface area contributed by atoms with Crippen molar-refractivity contribution in [3.05, 3.63) is 64.8 Å². The monoisotopic (exact) mass is 506 g/mol. The number of carbonyl (C=O) groups excluding carboxylic acids is 1. The number of aromatic nitrogens is 4. The number of nitrogens with one attached hydrogen (secondary N) is 3. The number of carbonyl (C=O) groups is 1. The van der Waals surface area contributed by atoms with Gasteiger partial charge in [0.25, 0.3) is 0 Å². The summed E-state index contributed by atoms with van der Waals surface area (Å²) in [5.74, 6) is 1.39. The lowest BCUT2D eigenvalue weighted by Gasteiger charge is -2.14. The maximum Gasteiger partial charge on any atom is 0.230 e. The van der Waals surface area contributed by atoms with E-state index in [2.05, 4.69) is 27.4 Å². The summed E-state index contributed by atoms with van der Waals surface area (Å²) >= 11 is 1.28. The van der Waals surface area contributed by atoms with Crippen LogP contribution in [0.3, 0.4) is 0 Å². The Kier molecular flexibility index (Phi) is 7.94. The third-order valence-corrected chi connectivity index (χ3v) is 6.84. The molecule has 188 valence electrons. The molecule has 4 rings (SSSR count). The molecule has 0 saturated heterocycles. The molecule has 2 aromatic heterocycles. The quantitative estimate of drug-likeness (QED) is 0.224. The van der Waals surface area contributed by atoms with Crippen molar-refractivity contribution >= 4 is 28.7 Å². The highest BCUT2D eigenvalue weighted by Crippen LogP contribution is 2.27. The number of ether oxygens (including phenoxy) is 2. The van der Waals surface area contributed by atoms with Crippen LogP contribution < -0.4 is 20.3 Å². The number of hydrogen-bond acceptors (Lipinski definition) is 7. The highest BCUT2D eigenvalue weighted by atomic mass is 32.2. The molecule has 0 saturated carbocycles. The largest absolute Gasteiger partial charge is 0.493 e. The normalized spacial score (nSPS) is 11.0. The van der Waals surface area contributed by atoms with Crippen molar-refractivity contribution in [2.45, 2.75) is 31.8 Å². The second-order valence-corrected chi connectivity index (χ2v) is 9.17. The Morgan fingerprint density at radius 2 is 1.83 bits per heavy atom. The Labute approximate surface area is 213 Å². The van der Waals surface area contributed by atoms with Gasteiger partial charge in [-0.1, -0.05) is 36.9 Å². The topological polar surface area (TPSA) is 118 Å². The van der Waals surface area contributed by atoms with Crippen LogP contribution >= 0.6 is 11.8 Å². The Morgan fingerprint density at radius 1 is 1.11 bits per heavy atom. The van der Waals surface area contributed by atoms with Crippen LogP contribution in [0.1, 0.15) is 23.7 Å². The highest BCUT2D eigenvalue weighted by Gasteiger charge is 2.16. The summed E-state index contributed by atoms with van der Waals surface area (Å²) in [6.07, 6.45) is 1.59. The van der Waals surface area contributed by atoms with Gasteiger partial charge in [-0.15, -0.1) is 0 Å². The lowest BCUT2D eigenvalue weighted by Crippen LogP contribution is -2.28. The SMILES string of the molecule is CCc1ccc(-n2c(SCC(=O)NCCc3ccc(OC)c(OC)c3)nc3n[nH]c(C)c3c2=N)cc1. The van der Waals surface area contributed by atoms with Gasteiger partial charge < -0.3 is 14.8 Å². The molecule has 10 heteroatoms. The van der Waals surface area contributed by atoms with Gasteiger partial charge in [-0.2, -0.15) is 5.10 Å². The van der Waals surface area contributed by atoms with E-state index in [-0.39, 0.29) is 17.1 Å². The second kappa shape index (κ2) is 11.3. The number of hydrogen-bond donors (Lipinski definition) is 3. The van der Waals surface area contributed by atoms with Crippen LogP contribution in [0.15, 0.2) is 47.6 Å². The van der Waals surface area contributed by atoms with E-state index >= 15 is 0 Å². The fraction of sp³-hybridized carbons (Fsp3) is 0.308. The van der Waals surface area contributed by atoms with Crippen molar-refractivity contribution in [2.24, 2.45) is 0 Å². The van der Waals surface area contributed by atoms with Gasteiger partial charge in [-0.25, -0.2) is 4.98 Å². The van der Waals surface area contributed by atoms with Crippen molar-refractivity contribution in [2.75, 3.05) is 26.5 Å². The Hall–Kier alpha value is -3.79. The van der Waals surface area contributed by atoms with Gasteiger partial charge in [0.05, 0.1) is 25.4 Å². The number of amides is 1. The van der Waals surface area contributed by atoms with Crippen molar-refractivity contribution in [1.82, 2.24) is 25.1 Å². The third-order valence-electron chi connectivity index (χ3n) is 5.90. The van der Waals surface area contributed by atoms with Gasteiger partial charge in [0.1, 0.15) is 5.49 Å². The van der Waals surface area contributed by atoms with E-state index in [0.717, 1.165) is 23.4 Å². The Morgan fingerprint density at radius 3 is 2.53 bits per heavy atom. The predicted molar refractivity (Wildman–Crippen MR) is 140 cm³/mol. The van der Waals surface area contributed by atoms with Crippen LogP contribution in [0.4, 0.5) is 0 Å². The van der Waals surface area contributed by atoms with Crippen LogP contribution in [-0.2, 0) is 17.6 Å². The molecule has 0 aliphatic rings. The summed E-state index contributed by atoms with van der Waals surface area (Å²) in [4.78, 5) is 17.3. The van der Waals surface area contributed by atoms with E-state index in [0.29, 0.717) is 40.7 Å². The van der Waals surface area contributed by atoms with Gasteiger partial charge in [0, 0.05) is 17.9 Å². The van der Waals surface area contributed by atoms with Crippen LogP contribution in [-0.4, -0.2) is 52.2 Å². The summed E-state index contributed by atoms with van der Waals surface area (Å²) in [5.41, 5.74) is 4.60. The van der Waals surface area contributed by atoms with Crippen molar-refractivity contribution in [3.63, 3.8) is 0 Å². The van der Waals surface area contributed by atoms with Crippen molar-refractivity contribution in [1.29, 1.82) is 5.41 Å². The second-order valence-electron chi connectivity index (χ2n) is 8.22. The number of aryl methyl sites for hydroxylation is 2. The van der Waals surface area contributed by atoms with Crippen molar-refractivity contribution < 1.29 is 14.3 Å². The zero-order valence-corrected chi connectivity index (χ0v) is 21.7. The summed E-state index contributed by atoms with van der Waals surface area (Å²) in [5, 5.41) is 20.2. The molecule has 0 bridgehead atoms. The van der Waals surface area contributed by atoms with Crippen LogP contribution in [0.5, 0.6) is 11.5 Å². The molecule has 0 radical (unpaired) electrons. The number of rotatable bonds is 10. The molecule has 36 heavy (non-hydrogen) atoms. The summed E-state index contributed by atoms with van der Waals surface area (Å²) in [6.45, 7) is 4.46. The molecule has 0 unspecified atom stereocenters. The van der Waals surface area contributed by atoms with E-state index < -0.39 is 0 Å². The van der Waals surface area contributed by atoms with E-state index in [1.54, 1.807) is 18.8 Å². The molecule has 2 heterocycles. The molecule has 1 amide bonds.